The zero-order valence-corrected chi connectivity index (χ0v) is 10.4. The van der Waals surface area contributed by atoms with Crippen LogP contribution in [0, 0.1) is 17.2 Å². The van der Waals surface area contributed by atoms with Gasteiger partial charge < -0.3 is 4.90 Å². The molecule has 0 aromatic heterocycles. The van der Waals surface area contributed by atoms with Crippen LogP contribution in [0.15, 0.2) is 0 Å². The Morgan fingerprint density at radius 3 is 2.25 bits per heavy atom. The van der Waals surface area contributed by atoms with E-state index in [1.54, 1.807) is 6.92 Å². The van der Waals surface area contributed by atoms with Gasteiger partial charge in [0.05, 0.1) is 12.1 Å². The molecule has 1 fully saturated rings. The average Bonchev–Trinajstić information content (AvgIpc) is 2.25. The SMILES string of the molecule is CC(=O)N1CCN(C(C#N)CC(C)C)CC1. The van der Waals surface area contributed by atoms with Crippen LogP contribution in [0.4, 0.5) is 0 Å². The smallest absolute Gasteiger partial charge is 0.219 e. The lowest BCUT2D eigenvalue weighted by molar-refractivity contribution is -0.130. The third-order valence-electron chi connectivity index (χ3n) is 3.04. The topological polar surface area (TPSA) is 47.3 Å². The van der Waals surface area contributed by atoms with Crippen LogP contribution in [0.5, 0.6) is 0 Å². The summed E-state index contributed by atoms with van der Waals surface area (Å²) in [6.07, 6.45) is 0.913. The number of amides is 1. The molecule has 0 N–H and O–H groups in total. The van der Waals surface area contributed by atoms with Crippen molar-refractivity contribution in [2.24, 2.45) is 5.92 Å². The lowest BCUT2D eigenvalue weighted by atomic mass is 10.0. The van der Waals surface area contributed by atoms with E-state index in [1.165, 1.54) is 0 Å². The van der Waals surface area contributed by atoms with Crippen LogP contribution < -0.4 is 0 Å². The summed E-state index contributed by atoms with van der Waals surface area (Å²) in [6, 6.07) is 2.38. The fourth-order valence-corrected chi connectivity index (χ4v) is 2.08. The van der Waals surface area contributed by atoms with E-state index in [9.17, 15) is 4.79 Å². The molecular formula is C12H21N3O. The standard InChI is InChI=1S/C12H21N3O/c1-10(2)8-12(9-13)15-6-4-14(5-7-15)11(3)16/h10,12H,4-8H2,1-3H3. The van der Waals surface area contributed by atoms with Crippen molar-refractivity contribution in [1.29, 1.82) is 5.26 Å². The zero-order chi connectivity index (χ0) is 12.1. The highest BCUT2D eigenvalue weighted by Crippen LogP contribution is 2.13. The van der Waals surface area contributed by atoms with Crippen molar-refractivity contribution in [3.8, 4) is 6.07 Å². The molecule has 0 aliphatic carbocycles. The van der Waals surface area contributed by atoms with Crippen LogP contribution in [-0.4, -0.2) is 47.9 Å². The molecule has 0 spiro atoms. The van der Waals surface area contributed by atoms with E-state index in [0.717, 1.165) is 32.6 Å². The molecule has 1 atom stereocenters. The molecule has 0 saturated carbocycles. The van der Waals surface area contributed by atoms with Crippen LogP contribution >= 0.6 is 0 Å². The third-order valence-corrected chi connectivity index (χ3v) is 3.04. The monoisotopic (exact) mass is 223 g/mol. The quantitative estimate of drug-likeness (QED) is 0.719. The van der Waals surface area contributed by atoms with Crippen molar-refractivity contribution in [2.75, 3.05) is 26.2 Å². The molecule has 1 amide bonds. The molecule has 1 aliphatic heterocycles. The fraction of sp³-hybridized carbons (Fsp3) is 0.833. The van der Waals surface area contributed by atoms with Gasteiger partial charge in [-0.15, -0.1) is 0 Å². The van der Waals surface area contributed by atoms with Gasteiger partial charge in [-0.3, -0.25) is 9.69 Å². The number of carbonyl (C=O) groups is 1. The van der Waals surface area contributed by atoms with Crippen LogP contribution in [0.1, 0.15) is 27.2 Å². The van der Waals surface area contributed by atoms with Crippen molar-refractivity contribution >= 4 is 5.91 Å². The summed E-state index contributed by atoms with van der Waals surface area (Å²) in [7, 11) is 0. The van der Waals surface area contributed by atoms with E-state index in [-0.39, 0.29) is 11.9 Å². The summed E-state index contributed by atoms with van der Waals surface area (Å²) in [5, 5.41) is 9.13. The summed E-state index contributed by atoms with van der Waals surface area (Å²) in [4.78, 5) is 15.2. The Morgan fingerprint density at radius 2 is 1.88 bits per heavy atom. The summed E-state index contributed by atoms with van der Waals surface area (Å²) < 4.78 is 0. The molecule has 0 aromatic carbocycles. The van der Waals surface area contributed by atoms with Gasteiger partial charge in [0.25, 0.3) is 0 Å². The van der Waals surface area contributed by atoms with Crippen LogP contribution in [0.2, 0.25) is 0 Å². The maximum Gasteiger partial charge on any atom is 0.219 e. The van der Waals surface area contributed by atoms with Gasteiger partial charge in [0.1, 0.15) is 0 Å². The van der Waals surface area contributed by atoms with Gasteiger partial charge in [0.15, 0.2) is 0 Å². The molecule has 1 unspecified atom stereocenters. The second kappa shape index (κ2) is 5.86. The first kappa shape index (κ1) is 13.0. The van der Waals surface area contributed by atoms with Gasteiger partial charge in [0, 0.05) is 33.1 Å². The molecule has 0 bridgehead atoms. The Labute approximate surface area is 97.8 Å². The van der Waals surface area contributed by atoms with E-state index >= 15 is 0 Å². The van der Waals surface area contributed by atoms with Crippen LogP contribution in [-0.2, 0) is 4.79 Å². The lowest BCUT2D eigenvalue weighted by Crippen LogP contribution is -2.51. The van der Waals surface area contributed by atoms with E-state index in [4.69, 9.17) is 5.26 Å². The molecule has 1 aliphatic rings. The number of nitrogens with zero attached hydrogens (tertiary/aromatic N) is 3. The number of rotatable bonds is 3. The number of hydrogen-bond acceptors (Lipinski definition) is 3. The minimum atomic E-state index is 0.00843. The Bertz CT molecular complexity index is 274. The second-order valence-electron chi connectivity index (χ2n) is 4.82. The summed E-state index contributed by atoms with van der Waals surface area (Å²) >= 11 is 0. The third kappa shape index (κ3) is 3.49. The molecule has 1 rings (SSSR count). The van der Waals surface area contributed by atoms with Crippen LogP contribution in [0.3, 0.4) is 0 Å². The number of hydrogen-bond donors (Lipinski definition) is 0. The Hall–Kier alpha value is -1.08. The molecule has 4 nitrogen and oxygen atoms in total. The van der Waals surface area contributed by atoms with Crippen molar-refractivity contribution in [3.63, 3.8) is 0 Å². The van der Waals surface area contributed by atoms with Gasteiger partial charge in [0.2, 0.25) is 5.91 Å². The molecule has 0 aromatic rings. The Kier molecular flexibility index (Phi) is 4.75. The van der Waals surface area contributed by atoms with Crippen molar-refractivity contribution in [3.05, 3.63) is 0 Å². The van der Waals surface area contributed by atoms with E-state index in [0.29, 0.717) is 5.92 Å². The first-order chi connectivity index (χ1) is 7.54. The molecule has 1 heterocycles. The summed E-state index contributed by atoms with van der Waals surface area (Å²) in [6.45, 7) is 9.03. The molecule has 16 heavy (non-hydrogen) atoms. The van der Waals surface area contributed by atoms with Gasteiger partial charge in [-0.2, -0.15) is 5.26 Å². The summed E-state index contributed by atoms with van der Waals surface area (Å²) in [5.74, 6) is 0.674. The number of carbonyl (C=O) groups excluding carboxylic acids is 1. The van der Waals surface area contributed by atoms with Gasteiger partial charge in [-0.1, -0.05) is 13.8 Å². The molecule has 1 saturated heterocycles. The van der Waals surface area contributed by atoms with Crippen molar-refractivity contribution in [1.82, 2.24) is 9.80 Å². The molecule has 4 heteroatoms. The molecule has 0 radical (unpaired) electrons. The van der Waals surface area contributed by atoms with Gasteiger partial charge >= 0.3 is 0 Å². The maximum absolute atomic E-state index is 11.2. The predicted octanol–water partition coefficient (Wildman–Crippen LogP) is 1.09. The van der Waals surface area contributed by atoms with Crippen LogP contribution in [0.25, 0.3) is 0 Å². The summed E-state index contributed by atoms with van der Waals surface area (Å²) in [5.41, 5.74) is 0. The highest BCUT2D eigenvalue weighted by atomic mass is 16.2. The number of nitriles is 1. The maximum atomic E-state index is 11.2. The highest BCUT2D eigenvalue weighted by Gasteiger charge is 2.24. The average molecular weight is 223 g/mol. The largest absolute Gasteiger partial charge is 0.340 e. The normalized spacial score (nSPS) is 19.6. The van der Waals surface area contributed by atoms with Gasteiger partial charge in [-0.05, 0) is 12.3 Å². The Balaban J connectivity index is 2.45. The fourth-order valence-electron chi connectivity index (χ4n) is 2.08. The van der Waals surface area contributed by atoms with Crippen molar-refractivity contribution < 1.29 is 4.79 Å². The van der Waals surface area contributed by atoms with E-state index in [2.05, 4.69) is 24.8 Å². The molecule has 90 valence electrons. The predicted molar refractivity (Wildman–Crippen MR) is 62.7 cm³/mol. The highest BCUT2D eigenvalue weighted by molar-refractivity contribution is 5.73. The first-order valence-corrected chi connectivity index (χ1v) is 5.93. The zero-order valence-electron chi connectivity index (χ0n) is 10.4. The first-order valence-electron chi connectivity index (χ1n) is 5.93. The lowest BCUT2D eigenvalue weighted by Gasteiger charge is -2.36. The van der Waals surface area contributed by atoms with E-state index < -0.39 is 0 Å². The van der Waals surface area contributed by atoms with Crippen molar-refractivity contribution in [2.45, 2.75) is 33.2 Å². The Morgan fingerprint density at radius 1 is 1.31 bits per heavy atom. The number of piperazine rings is 1. The van der Waals surface area contributed by atoms with E-state index in [1.807, 2.05) is 4.90 Å². The minimum absolute atomic E-state index is 0.00843. The second-order valence-corrected chi connectivity index (χ2v) is 4.82. The van der Waals surface area contributed by atoms with Gasteiger partial charge in [-0.25, -0.2) is 0 Å². The molecular weight excluding hydrogens is 202 g/mol. The minimum Gasteiger partial charge on any atom is -0.340 e.